The van der Waals surface area contributed by atoms with Crippen LogP contribution >= 0.6 is 11.8 Å². The first-order chi connectivity index (χ1) is 12.8. The van der Waals surface area contributed by atoms with Crippen molar-refractivity contribution < 1.29 is 19.4 Å². The summed E-state index contributed by atoms with van der Waals surface area (Å²) >= 11 is 0.979. The van der Waals surface area contributed by atoms with Gasteiger partial charge in [0.25, 0.3) is 11.6 Å². The molecule has 3 rings (SSSR count). The molecule has 1 saturated heterocycles. The zero-order valence-corrected chi connectivity index (χ0v) is 14.2. The Hall–Kier alpha value is -3.73. The Bertz CT molecular complexity index is 1020. The highest BCUT2D eigenvalue weighted by molar-refractivity contribution is 8.18. The number of nitrogens with zero attached hydrogens (tertiary/aromatic N) is 2. The van der Waals surface area contributed by atoms with Gasteiger partial charge in [-0.25, -0.2) is 0 Å². The molecule has 1 aliphatic rings. The first kappa shape index (κ1) is 18.1. The molecule has 0 atom stereocenters. The molecule has 1 heterocycles. The second-order valence-electron chi connectivity index (χ2n) is 5.23. The van der Waals surface area contributed by atoms with E-state index in [1.165, 1.54) is 0 Å². The number of thioether (sulfide) groups is 1. The first-order valence-corrected chi connectivity index (χ1v) is 8.15. The molecule has 11 heteroatoms. The number of amidine groups is 1. The number of hydrogen-bond donors (Lipinski definition) is 2. The molecule has 136 valence electrons. The molecule has 0 aromatic heterocycles. The first-order valence-electron chi connectivity index (χ1n) is 7.33. The van der Waals surface area contributed by atoms with E-state index in [0.29, 0.717) is 10.5 Å². The molecule has 2 aromatic carbocycles. The van der Waals surface area contributed by atoms with E-state index < -0.39 is 21.2 Å². The van der Waals surface area contributed by atoms with E-state index in [0.717, 1.165) is 30.0 Å². The quantitative estimate of drug-likeness (QED) is 0.454. The monoisotopic (exact) mass is 386 g/mol. The average Bonchev–Trinajstić information content (AvgIpc) is 2.92. The summed E-state index contributed by atoms with van der Waals surface area (Å²) in [6, 6.07) is 9.52. The number of hydrogen-bond acceptors (Lipinski definition) is 8. The van der Waals surface area contributed by atoms with Gasteiger partial charge in [-0.2, -0.15) is 0 Å². The van der Waals surface area contributed by atoms with E-state index in [1.54, 1.807) is 30.3 Å². The maximum Gasteiger partial charge on any atom is 0.318 e. The van der Waals surface area contributed by atoms with Crippen molar-refractivity contribution in [1.82, 2.24) is 5.32 Å². The van der Waals surface area contributed by atoms with Gasteiger partial charge in [0.1, 0.15) is 5.75 Å². The fourth-order valence-corrected chi connectivity index (χ4v) is 2.94. The number of nitro benzene ring substituents is 2. The Balaban J connectivity index is 1.90. The Kier molecular flexibility index (Phi) is 4.86. The lowest BCUT2D eigenvalue weighted by Crippen LogP contribution is -2.18. The van der Waals surface area contributed by atoms with Crippen LogP contribution in [0.4, 0.5) is 11.4 Å². The van der Waals surface area contributed by atoms with Crippen molar-refractivity contribution in [1.29, 1.82) is 5.41 Å². The zero-order chi connectivity index (χ0) is 19.6. The van der Waals surface area contributed by atoms with Crippen LogP contribution in [0.1, 0.15) is 5.56 Å². The van der Waals surface area contributed by atoms with Crippen molar-refractivity contribution in [3.05, 3.63) is 73.2 Å². The molecule has 0 saturated carbocycles. The van der Waals surface area contributed by atoms with Crippen molar-refractivity contribution in [2.24, 2.45) is 0 Å². The third-order valence-electron chi connectivity index (χ3n) is 3.40. The van der Waals surface area contributed by atoms with Gasteiger partial charge in [-0.15, -0.1) is 0 Å². The predicted molar refractivity (Wildman–Crippen MR) is 97.7 cm³/mol. The van der Waals surface area contributed by atoms with Gasteiger partial charge in [-0.05, 0) is 41.6 Å². The minimum absolute atomic E-state index is 0.0279. The summed E-state index contributed by atoms with van der Waals surface area (Å²) < 4.78 is 5.52. The van der Waals surface area contributed by atoms with E-state index in [-0.39, 0.29) is 22.6 Å². The number of nitro groups is 2. The maximum absolute atomic E-state index is 11.7. The van der Waals surface area contributed by atoms with Crippen molar-refractivity contribution in [3.63, 3.8) is 0 Å². The van der Waals surface area contributed by atoms with E-state index >= 15 is 0 Å². The summed E-state index contributed by atoms with van der Waals surface area (Å²) in [6.45, 7) is 0. The van der Waals surface area contributed by atoms with E-state index in [9.17, 15) is 25.0 Å². The van der Waals surface area contributed by atoms with Crippen LogP contribution in [0, 0.1) is 25.6 Å². The lowest BCUT2D eigenvalue weighted by molar-refractivity contribution is -0.394. The number of non-ortho nitro benzene ring substituents is 1. The van der Waals surface area contributed by atoms with Gasteiger partial charge in [0.05, 0.1) is 20.8 Å². The van der Waals surface area contributed by atoms with Crippen LogP contribution in [-0.2, 0) is 4.79 Å². The molecule has 1 aliphatic heterocycles. The van der Waals surface area contributed by atoms with Crippen molar-refractivity contribution >= 4 is 40.3 Å². The molecule has 0 aliphatic carbocycles. The molecule has 10 nitrogen and oxygen atoms in total. The molecule has 0 radical (unpaired) electrons. The number of rotatable bonds is 5. The van der Waals surface area contributed by atoms with E-state index in [2.05, 4.69) is 5.32 Å². The van der Waals surface area contributed by atoms with E-state index in [1.807, 2.05) is 0 Å². The average molecular weight is 386 g/mol. The number of benzene rings is 2. The molecule has 27 heavy (non-hydrogen) atoms. The van der Waals surface area contributed by atoms with Crippen LogP contribution in [0.15, 0.2) is 47.4 Å². The highest BCUT2D eigenvalue weighted by Gasteiger charge is 2.23. The summed E-state index contributed by atoms with van der Waals surface area (Å²) in [6.07, 6.45) is 1.55. The van der Waals surface area contributed by atoms with Crippen LogP contribution in [-0.4, -0.2) is 20.9 Å². The number of ether oxygens (including phenoxy) is 1. The molecular weight excluding hydrogens is 376 g/mol. The summed E-state index contributed by atoms with van der Waals surface area (Å²) in [4.78, 5) is 32.5. The summed E-state index contributed by atoms with van der Waals surface area (Å²) in [5, 5.41) is 31.8. The minimum Gasteiger partial charge on any atom is -0.450 e. The van der Waals surface area contributed by atoms with Crippen LogP contribution in [0.3, 0.4) is 0 Å². The third-order valence-corrected chi connectivity index (χ3v) is 4.23. The minimum atomic E-state index is -0.765. The number of amides is 1. The summed E-state index contributed by atoms with van der Waals surface area (Å²) in [5.41, 5.74) is -0.365. The molecule has 1 fully saturated rings. The molecule has 2 N–H and O–H groups in total. The van der Waals surface area contributed by atoms with Crippen LogP contribution in [0.2, 0.25) is 0 Å². The van der Waals surface area contributed by atoms with E-state index in [4.69, 9.17) is 10.1 Å². The standard InChI is InChI=1S/C16H10N4O6S/c17-16-18-15(21)14(27-16)7-9-2-1-3-11(6-9)26-13-5-4-10(19(22)23)8-12(13)20(24)25/h1-8H,(H2,17,18,21)/b14-7+. The lowest BCUT2D eigenvalue weighted by atomic mass is 10.2. The molecule has 0 bridgehead atoms. The number of carbonyl (C=O) groups excluding carboxylic acids is 1. The molecule has 0 spiro atoms. The predicted octanol–water partition coefficient (Wildman–Crippen LogP) is 3.43. The fourth-order valence-electron chi connectivity index (χ4n) is 2.24. The highest BCUT2D eigenvalue weighted by atomic mass is 32.2. The van der Waals surface area contributed by atoms with Gasteiger partial charge in [-0.3, -0.25) is 30.4 Å². The molecule has 0 unspecified atom stereocenters. The highest BCUT2D eigenvalue weighted by Crippen LogP contribution is 2.35. The number of nitrogens with one attached hydrogen (secondary N) is 2. The topological polar surface area (TPSA) is 148 Å². The normalized spacial score (nSPS) is 14.9. The lowest BCUT2D eigenvalue weighted by Gasteiger charge is -2.07. The van der Waals surface area contributed by atoms with Gasteiger partial charge in [-0.1, -0.05) is 12.1 Å². The summed E-state index contributed by atoms with van der Waals surface area (Å²) in [5.74, 6) is -0.285. The number of carbonyl (C=O) groups is 1. The SMILES string of the molecule is N=C1NC(=O)/C(=C\c2cccc(Oc3ccc([N+](=O)[O-])cc3[N+](=O)[O-])c2)S1. The Morgan fingerprint density at radius 3 is 2.52 bits per heavy atom. The maximum atomic E-state index is 11.7. The van der Waals surface area contributed by atoms with Crippen molar-refractivity contribution in [2.75, 3.05) is 0 Å². The van der Waals surface area contributed by atoms with Crippen LogP contribution in [0.5, 0.6) is 11.5 Å². The summed E-state index contributed by atoms with van der Waals surface area (Å²) in [7, 11) is 0. The smallest absolute Gasteiger partial charge is 0.318 e. The molecule has 1 amide bonds. The Morgan fingerprint density at radius 2 is 1.89 bits per heavy atom. The largest absolute Gasteiger partial charge is 0.450 e. The Labute approximate surface area is 155 Å². The second-order valence-corrected chi connectivity index (χ2v) is 6.29. The molecule has 2 aromatic rings. The zero-order valence-electron chi connectivity index (χ0n) is 13.4. The Morgan fingerprint density at radius 1 is 1.11 bits per heavy atom. The van der Waals surface area contributed by atoms with Crippen LogP contribution < -0.4 is 10.1 Å². The second kappa shape index (κ2) is 7.25. The van der Waals surface area contributed by atoms with Gasteiger partial charge >= 0.3 is 5.69 Å². The van der Waals surface area contributed by atoms with Gasteiger partial charge < -0.3 is 10.1 Å². The third kappa shape index (κ3) is 4.10. The van der Waals surface area contributed by atoms with Crippen molar-refractivity contribution in [3.8, 4) is 11.5 Å². The van der Waals surface area contributed by atoms with Crippen molar-refractivity contribution in [2.45, 2.75) is 0 Å². The van der Waals surface area contributed by atoms with Gasteiger partial charge in [0, 0.05) is 6.07 Å². The van der Waals surface area contributed by atoms with Gasteiger partial charge in [0.2, 0.25) is 5.75 Å². The molecular formula is C16H10N4O6S. The van der Waals surface area contributed by atoms with Gasteiger partial charge in [0.15, 0.2) is 5.17 Å². The van der Waals surface area contributed by atoms with Crippen LogP contribution in [0.25, 0.3) is 6.08 Å². The fraction of sp³-hybridized carbons (Fsp3) is 0.